The lowest BCUT2D eigenvalue weighted by atomic mass is 9.71. The van der Waals surface area contributed by atoms with Gasteiger partial charge < -0.3 is 19.6 Å². The molecule has 0 aromatic heterocycles. The van der Waals surface area contributed by atoms with Gasteiger partial charge in [-0.15, -0.1) is 18.3 Å². The molecule has 3 fully saturated rings. The van der Waals surface area contributed by atoms with E-state index in [4.69, 9.17) is 16.3 Å². The molecule has 3 aliphatic rings. The van der Waals surface area contributed by atoms with Gasteiger partial charge in [0.1, 0.15) is 12.6 Å². The van der Waals surface area contributed by atoms with Crippen molar-refractivity contribution in [1.82, 2.24) is 4.90 Å². The molecule has 0 saturated carbocycles. The number of esters is 1. The first-order valence-corrected chi connectivity index (χ1v) is 14.1. The van der Waals surface area contributed by atoms with Gasteiger partial charge in [0.05, 0.1) is 29.2 Å². The van der Waals surface area contributed by atoms with Crippen molar-refractivity contribution in [2.45, 2.75) is 55.2 Å². The zero-order chi connectivity index (χ0) is 26.9. The smallest absolute Gasteiger partial charge is 0.311 e. The van der Waals surface area contributed by atoms with Gasteiger partial charge in [0.25, 0.3) is 5.91 Å². The number of thioether (sulfide) groups is 1. The molecule has 2 bridgehead atoms. The molecule has 4 rings (SSSR count). The second-order valence-corrected chi connectivity index (χ2v) is 12.1. The van der Waals surface area contributed by atoms with Gasteiger partial charge in [0.2, 0.25) is 5.91 Å². The van der Waals surface area contributed by atoms with Crippen molar-refractivity contribution in [3.63, 3.8) is 0 Å². The molecule has 3 aliphatic heterocycles. The number of amides is 2. The van der Waals surface area contributed by atoms with Gasteiger partial charge in [-0.25, -0.2) is 0 Å². The predicted molar refractivity (Wildman–Crippen MR) is 146 cm³/mol. The van der Waals surface area contributed by atoms with E-state index in [9.17, 15) is 19.5 Å². The van der Waals surface area contributed by atoms with E-state index in [-0.39, 0.29) is 42.7 Å². The fourth-order valence-corrected chi connectivity index (χ4v) is 8.58. The zero-order valence-electron chi connectivity index (χ0n) is 21.3. The molecule has 0 radical (unpaired) electrons. The average molecular weight is 547 g/mol. The van der Waals surface area contributed by atoms with E-state index in [0.29, 0.717) is 17.1 Å². The molecular weight excluding hydrogens is 512 g/mol. The van der Waals surface area contributed by atoms with Crippen molar-refractivity contribution in [2.24, 2.45) is 17.8 Å². The van der Waals surface area contributed by atoms with Crippen molar-refractivity contribution in [3.05, 3.63) is 54.6 Å². The van der Waals surface area contributed by atoms with Crippen LogP contribution in [0.2, 0.25) is 5.02 Å². The molecule has 1 spiro atoms. The van der Waals surface area contributed by atoms with Crippen molar-refractivity contribution in [3.8, 4) is 0 Å². The highest BCUT2D eigenvalue weighted by molar-refractivity contribution is 8.02. The van der Waals surface area contributed by atoms with Crippen molar-refractivity contribution in [2.75, 3.05) is 24.7 Å². The highest BCUT2D eigenvalue weighted by atomic mass is 35.5. The summed E-state index contributed by atoms with van der Waals surface area (Å²) < 4.78 is 4.65. The average Bonchev–Trinajstić information content (AvgIpc) is 3.54. The van der Waals surface area contributed by atoms with Gasteiger partial charge in [-0.05, 0) is 43.0 Å². The molecule has 1 aromatic carbocycles. The van der Waals surface area contributed by atoms with E-state index >= 15 is 0 Å². The quantitative estimate of drug-likeness (QED) is 0.332. The summed E-state index contributed by atoms with van der Waals surface area (Å²) in [5, 5.41) is 10.9. The maximum atomic E-state index is 14.5. The number of halogens is 1. The molecule has 2 amide bonds. The van der Waals surface area contributed by atoms with Crippen molar-refractivity contribution in [1.29, 1.82) is 0 Å². The highest BCUT2D eigenvalue weighted by Gasteiger charge is 2.75. The summed E-state index contributed by atoms with van der Waals surface area (Å²) >= 11 is 7.68. The maximum Gasteiger partial charge on any atom is 0.311 e. The Morgan fingerprint density at radius 1 is 1.32 bits per heavy atom. The fourth-order valence-electron chi connectivity index (χ4n) is 6.27. The number of aliphatic hydroxyl groups is 1. The summed E-state index contributed by atoms with van der Waals surface area (Å²) in [6, 6.07) is 5.59. The summed E-state index contributed by atoms with van der Waals surface area (Å²) in [6.45, 7) is 11.5. The first kappa shape index (κ1) is 27.7. The molecule has 1 aromatic rings. The van der Waals surface area contributed by atoms with E-state index in [1.807, 2.05) is 13.8 Å². The van der Waals surface area contributed by atoms with Gasteiger partial charge in [-0.1, -0.05) is 50.6 Å². The highest BCUT2D eigenvalue weighted by Crippen LogP contribution is 2.67. The van der Waals surface area contributed by atoms with Crippen LogP contribution in [0.1, 0.15) is 33.1 Å². The Balaban J connectivity index is 1.82. The van der Waals surface area contributed by atoms with Crippen LogP contribution in [-0.4, -0.2) is 69.6 Å². The number of hydrogen-bond donors (Lipinski definition) is 1. The van der Waals surface area contributed by atoms with Crippen molar-refractivity contribution >= 4 is 46.8 Å². The standard InChI is InChI=1S/C28H35ClN2O5S/c1-5-14-30(19-10-8-18(29)9-11-19)26(34)24-28-13-12-21(37-28)22(27(35)36-15-6-2)23(28)25(33)31(24)20(16-32)17(4)7-3/h5-6,8-11,17,20-24,32H,1-2,7,12-16H2,3-4H3/t17-,20-,21-,22+,23-,24?,28?/m0/s1. The maximum absolute atomic E-state index is 14.5. The molecule has 37 heavy (non-hydrogen) atoms. The third-order valence-corrected chi connectivity index (χ3v) is 10.4. The molecule has 3 heterocycles. The Labute approximate surface area is 227 Å². The molecule has 9 heteroatoms. The Morgan fingerprint density at radius 3 is 2.62 bits per heavy atom. The first-order valence-electron chi connectivity index (χ1n) is 12.8. The summed E-state index contributed by atoms with van der Waals surface area (Å²) in [6.07, 6.45) is 5.23. The zero-order valence-corrected chi connectivity index (χ0v) is 22.9. The number of nitrogens with zero attached hydrogens (tertiary/aromatic N) is 2. The largest absolute Gasteiger partial charge is 0.461 e. The molecule has 0 aliphatic carbocycles. The number of carbonyl (C=O) groups excluding carboxylic acids is 3. The topological polar surface area (TPSA) is 87.2 Å². The van der Waals surface area contributed by atoms with E-state index in [1.165, 1.54) is 6.08 Å². The summed E-state index contributed by atoms with van der Waals surface area (Å²) in [5.74, 6) is -2.27. The monoisotopic (exact) mass is 546 g/mol. The van der Waals surface area contributed by atoms with Crippen LogP contribution in [0.4, 0.5) is 5.69 Å². The molecule has 3 saturated heterocycles. The molecule has 1 N–H and O–H groups in total. The number of carbonyl (C=O) groups is 3. The number of aliphatic hydroxyl groups excluding tert-OH is 1. The van der Waals surface area contributed by atoms with Crippen LogP contribution in [0, 0.1) is 17.8 Å². The van der Waals surface area contributed by atoms with Crippen LogP contribution < -0.4 is 4.90 Å². The Hall–Kier alpha value is -2.29. The summed E-state index contributed by atoms with van der Waals surface area (Å²) in [4.78, 5) is 45.1. The Kier molecular flexibility index (Phi) is 8.41. The second-order valence-electron chi connectivity index (χ2n) is 10.1. The van der Waals surface area contributed by atoms with Crippen LogP contribution in [-0.2, 0) is 19.1 Å². The van der Waals surface area contributed by atoms with E-state index in [0.717, 1.165) is 12.8 Å². The normalized spacial score (nSPS) is 29.5. The Bertz CT molecular complexity index is 1070. The minimum absolute atomic E-state index is 0.0452. The van der Waals surface area contributed by atoms with E-state index < -0.39 is 34.6 Å². The number of rotatable bonds is 11. The lowest BCUT2D eigenvalue weighted by Gasteiger charge is -2.41. The van der Waals surface area contributed by atoms with Crippen LogP contribution in [0.3, 0.4) is 0 Å². The number of benzene rings is 1. The first-order chi connectivity index (χ1) is 17.7. The lowest BCUT2D eigenvalue weighted by molar-refractivity contribution is -0.153. The van der Waals surface area contributed by atoms with Gasteiger partial charge in [-0.2, -0.15) is 0 Å². The SMILES string of the molecule is C=CCOC(=O)[C@@H]1[C@@H]2CCC3(S2)C(C(=O)N(CC=C)c2ccc(Cl)cc2)N([C@@H](CO)[C@@H](C)CC)C(=O)[C@H]13. The second kappa shape index (κ2) is 11.2. The number of fused-ring (bicyclic) bond motifs is 1. The summed E-state index contributed by atoms with van der Waals surface area (Å²) in [7, 11) is 0. The third-order valence-electron chi connectivity index (χ3n) is 8.15. The third kappa shape index (κ3) is 4.61. The Morgan fingerprint density at radius 2 is 2.03 bits per heavy atom. The van der Waals surface area contributed by atoms with Crippen LogP contribution in [0.15, 0.2) is 49.6 Å². The van der Waals surface area contributed by atoms with Crippen molar-refractivity contribution < 1.29 is 24.2 Å². The number of ether oxygens (including phenoxy) is 1. The van der Waals surface area contributed by atoms with Crippen LogP contribution in [0.5, 0.6) is 0 Å². The van der Waals surface area contributed by atoms with E-state index in [2.05, 4.69) is 13.2 Å². The lowest BCUT2D eigenvalue weighted by Crippen LogP contribution is -2.58. The molecule has 7 atom stereocenters. The summed E-state index contributed by atoms with van der Waals surface area (Å²) in [5.41, 5.74) is 0.644. The van der Waals surface area contributed by atoms with Crippen LogP contribution in [0.25, 0.3) is 0 Å². The van der Waals surface area contributed by atoms with Gasteiger partial charge >= 0.3 is 5.97 Å². The van der Waals surface area contributed by atoms with Gasteiger partial charge in [-0.3, -0.25) is 14.4 Å². The predicted octanol–water partition coefficient (Wildman–Crippen LogP) is 4.09. The van der Waals surface area contributed by atoms with Gasteiger partial charge in [0, 0.05) is 22.5 Å². The molecule has 7 nitrogen and oxygen atoms in total. The van der Waals surface area contributed by atoms with E-state index in [1.54, 1.807) is 51.9 Å². The minimum Gasteiger partial charge on any atom is -0.461 e. The molecule has 200 valence electrons. The molecular formula is C28H35ClN2O5S. The van der Waals surface area contributed by atoms with Gasteiger partial charge in [0.15, 0.2) is 0 Å². The number of hydrogen-bond acceptors (Lipinski definition) is 6. The number of anilines is 1. The number of likely N-dealkylation sites (tertiary alicyclic amines) is 1. The fraction of sp³-hybridized carbons (Fsp3) is 0.536. The van der Waals surface area contributed by atoms with Crippen LogP contribution >= 0.6 is 23.4 Å². The minimum atomic E-state index is -0.834. The molecule has 2 unspecified atom stereocenters.